The number of rotatable bonds is 15. The van der Waals surface area contributed by atoms with Gasteiger partial charge in [0.2, 0.25) is 10.0 Å². The Kier molecular flexibility index (Phi) is 11.3. The van der Waals surface area contributed by atoms with E-state index in [2.05, 4.69) is 0 Å². The van der Waals surface area contributed by atoms with E-state index in [1.54, 1.807) is 12.1 Å². The lowest BCUT2D eigenvalue weighted by Crippen LogP contribution is -2.61. The number of carboxylic acid groups (broad SMARTS) is 1. The van der Waals surface area contributed by atoms with E-state index >= 15 is 0 Å². The van der Waals surface area contributed by atoms with Gasteiger partial charge in [-0.3, -0.25) is 0 Å². The van der Waals surface area contributed by atoms with Gasteiger partial charge in [0.1, 0.15) is 11.8 Å². The van der Waals surface area contributed by atoms with Gasteiger partial charge in [0.25, 0.3) is 0 Å². The van der Waals surface area contributed by atoms with Gasteiger partial charge < -0.3 is 39.0 Å². The molecule has 0 bridgehead atoms. The third-order valence-corrected chi connectivity index (χ3v) is 10.4. The van der Waals surface area contributed by atoms with Gasteiger partial charge in [0, 0.05) is 19.0 Å². The van der Waals surface area contributed by atoms with E-state index in [9.17, 15) is 23.4 Å². The molecule has 244 valence electrons. The molecule has 1 amide bonds. The Bertz CT molecular complexity index is 1320. The average molecular weight is 633 g/mol. The maximum atomic E-state index is 14.2. The number of methoxy groups -OCH3 is 1. The highest BCUT2D eigenvalue weighted by Gasteiger charge is 2.47. The van der Waals surface area contributed by atoms with Crippen LogP contribution in [0.15, 0.2) is 59.5 Å². The molecule has 2 fully saturated rings. The lowest BCUT2D eigenvalue weighted by Gasteiger charge is -2.43. The molecule has 2 aromatic rings. The lowest BCUT2D eigenvalue weighted by molar-refractivity contribution is -0.273. The van der Waals surface area contributed by atoms with Gasteiger partial charge in [-0.1, -0.05) is 44.2 Å². The minimum absolute atomic E-state index is 0.0559. The van der Waals surface area contributed by atoms with E-state index in [1.165, 1.54) is 28.4 Å². The summed E-state index contributed by atoms with van der Waals surface area (Å²) in [4.78, 5) is 16.1. The van der Waals surface area contributed by atoms with Gasteiger partial charge in [0.05, 0.1) is 43.4 Å². The van der Waals surface area contributed by atoms with Gasteiger partial charge in [-0.2, -0.15) is 4.31 Å². The molecule has 2 saturated heterocycles. The van der Waals surface area contributed by atoms with Crippen LogP contribution in [-0.2, 0) is 25.9 Å². The summed E-state index contributed by atoms with van der Waals surface area (Å²) in [6, 6.07) is 13.8. The van der Waals surface area contributed by atoms with Crippen molar-refractivity contribution in [1.29, 1.82) is 0 Å². The Balaban J connectivity index is 1.70. The number of carbonyl (C=O) groups is 1. The first kappa shape index (κ1) is 34.1. The second kappa shape index (κ2) is 14.6. The zero-order chi connectivity index (χ0) is 32.1. The van der Waals surface area contributed by atoms with E-state index in [0.29, 0.717) is 25.2 Å². The van der Waals surface area contributed by atoms with Crippen LogP contribution >= 0.6 is 0 Å². The van der Waals surface area contributed by atoms with E-state index in [1.807, 2.05) is 63.2 Å². The van der Waals surface area contributed by atoms with Crippen molar-refractivity contribution in [1.82, 2.24) is 14.1 Å². The number of aliphatic hydroxyl groups is 1. The third-order valence-electron chi connectivity index (χ3n) is 8.59. The fourth-order valence-electron chi connectivity index (χ4n) is 6.08. The number of carbonyl (C=O) groups excluding carboxylic acids is 1. The van der Waals surface area contributed by atoms with Gasteiger partial charge in [-0.25, -0.2) is 8.42 Å². The zero-order valence-electron chi connectivity index (χ0n) is 26.3. The van der Waals surface area contributed by atoms with Gasteiger partial charge >= 0.3 is 0 Å². The summed E-state index contributed by atoms with van der Waals surface area (Å²) in [5.74, 6) is 0.310. The van der Waals surface area contributed by atoms with Crippen molar-refractivity contribution >= 4 is 16.1 Å². The monoisotopic (exact) mass is 632 g/mol. The van der Waals surface area contributed by atoms with Crippen LogP contribution in [0.5, 0.6) is 5.75 Å². The van der Waals surface area contributed by atoms with Crippen molar-refractivity contribution in [3.05, 3.63) is 60.2 Å². The van der Waals surface area contributed by atoms with E-state index < -0.39 is 46.0 Å². The molecule has 12 heteroatoms. The Morgan fingerprint density at radius 1 is 1.11 bits per heavy atom. The molecule has 0 radical (unpaired) electrons. The summed E-state index contributed by atoms with van der Waals surface area (Å²) in [6.07, 6.45) is -1.86. The summed E-state index contributed by atoms with van der Waals surface area (Å²) in [5.41, 5.74) is 0.344. The Labute approximate surface area is 261 Å². The number of aliphatic hydroxyl groups excluding tert-OH is 1. The molecule has 0 aromatic heterocycles. The van der Waals surface area contributed by atoms with Gasteiger partial charge in [-0.05, 0) is 75.1 Å². The zero-order valence-corrected chi connectivity index (χ0v) is 27.1. The van der Waals surface area contributed by atoms with Crippen LogP contribution in [-0.4, -0.2) is 112 Å². The molecule has 2 heterocycles. The maximum Gasteiger partial charge on any atom is 0.243 e. The second-order valence-electron chi connectivity index (χ2n) is 12.8. The fraction of sp³-hybridized carbons (Fsp3) is 0.594. The number of fused-ring (bicyclic) bond motifs is 1. The van der Waals surface area contributed by atoms with Gasteiger partial charge in [0.15, 0.2) is 6.29 Å². The molecule has 44 heavy (non-hydrogen) atoms. The number of hydrogen-bond acceptors (Lipinski definition) is 9. The predicted molar refractivity (Wildman–Crippen MR) is 163 cm³/mol. The Morgan fingerprint density at radius 2 is 1.80 bits per heavy atom. The van der Waals surface area contributed by atoms with Crippen molar-refractivity contribution in [2.45, 2.75) is 62.5 Å². The Hall–Kier alpha value is -2.74. The van der Waals surface area contributed by atoms with Crippen molar-refractivity contribution in [2.24, 2.45) is 11.3 Å². The number of ether oxygens (including phenoxy) is 3. The number of sulfonamides is 1. The van der Waals surface area contributed by atoms with E-state index in [0.717, 1.165) is 12.1 Å². The molecule has 4 rings (SSSR count). The van der Waals surface area contributed by atoms with Crippen LogP contribution in [0.4, 0.5) is 4.79 Å². The molecule has 0 spiro atoms. The van der Waals surface area contributed by atoms with Crippen LogP contribution in [0.3, 0.4) is 0 Å². The first-order valence-corrected chi connectivity index (χ1v) is 16.5. The lowest BCUT2D eigenvalue weighted by atomic mass is 9.88. The largest absolute Gasteiger partial charge is 0.530 e. The molecule has 2 aromatic carbocycles. The minimum atomic E-state index is -4.10. The summed E-state index contributed by atoms with van der Waals surface area (Å²) in [7, 11) is 1.32. The molecule has 1 N–H and O–H groups in total. The molecule has 2 aliphatic rings. The van der Waals surface area contributed by atoms with Crippen LogP contribution in [0.1, 0.15) is 32.3 Å². The van der Waals surface area contributed by atoms with Crippen molar-refractivity contribution in [2.75, 3.05) is 54.1 Å². The Morgan fingerprint density at radius 3 is 2.41 bits per heavy atom. The highest BCUT2D eigenvalue weighted by molar-refractivity contribution is 7.89. The molecule has 2 aliphatic heterocycles. The molecule has 0 unspecified atom stereocenters. The quantitative estimate of drug-likeness (QED) is 0.313. The van der Waals surface area contributed by atoms with E-state index in [-0.39, 0.29) is 36.9 Å². The van der Waals surface area contributed by atoms with Gasteiger partial charge in [-0.15, -0.1) is 0 Å². The highest BCUT2D eigenvalue weighted by Crippen LogP contribution is 2.36. The molecular weight excluding hydrogens is 586 g/mol. The summed E-state index contributed by atoms with van der Waals surface area (Å²) in [5, 5.41) is 24.7. The average Bonchev–Trinajstić information content (AvgIpc) is 3.61. The van der Waals surface area contributed by atoms with Crippen molar-refractivity contribution < 1.29 is 37.6 Å². The van der Waals surface area contributed by atoms with Crippen molar-refractivity contribution in [3.8, 4) is 5.75 Å². The molecular formula is C32H46N3O8S-. The first-order chi connectivity index (χ1) is 20.8. The van der Waals surface area contributed by atoms with Crippen LogP contribution in [0, 0.1) is 11.3 Å². The SMILES string of the molecule is COc1ccc(S(=O)(=O)N(C[C@@H](O)[C@H](Cc2ccccc2)N(C(=O)[O-])[C@H]2CO[C@H]3OCC[C@H]32)CC(C)(C)CCN(C)C)cc1. The smallest absolute Gasteiger partial charge is 0.243 e. The highest BCUT2D eigenvalue weighted by atomic mass is 32.2. The topological polar surface area (TPSA) is 132 Å². The first-order valence-electron chi connectivity index (χ1n) is 15.1. The maximum absolute atomic E-state index is 14.2. The summed E-state index contributed by atoms with van der Waals surface area (Å²) < 4.78 is 46.2. The predicted octanol–water partition coefficient (Wildman–Crippen LogP) is 2.04. The summed E-state index contributed by atoms with van der Waals surface area (Å²) >= 11 is 0. The number of amides is 1. The number of nitrogens with zero attached hydrogens (tertiary/aromatic N) is 3. The normalized spacial score (nSPS) is 21.8. The van der Waals surface area contributed by atoms with Crippen LogP contribution in [0.2, 0.25) is 0 Å². The molecule has 5 atom stereocenters. The number of hydrogen-bond donors (Lipinski definition) is 1. The van der Waals surface area contributed by atoms with E-state index in [4.69, 9.17) is 14.2 Å². The minimum Gasteiger partial charge on any atom is -0.530 e. The fourth-order valence-corrected chi connectivity index (χ4v) is 7.73. The third kappa shape index (κ3) is 8.29. The van der Waals surface area contributed by atoms with Crippen LogP contribution < -0.4 is 9.84 Å². The summed E-state index contributed by atoms with van der Waals surface area (Å²) in [6.45, 7) is 5.07. The molecule has 0 aliphatic carbocycles. The second-order valence-corrected chi connectivity index (χ2v) is 14.7. The van der Waals surface area contributed by atoms with Crippen molar-refractivity contribution in [3.63, 3.8) is 0 Å². The molecule has 11 nitrogen and oxygen atoms in total. The van der Waals surface area contributed by atoms with Crippen LogP contribution in [0.25, 0.3) is 0 Å². The molecule has 0 saturated carbocycles. The number of benzene rings is 2. The standard InChI is InChI=1S/C32H47N3O8S/c1-32(2,16-17-33(3)4)22-34(44(39,40)25-13-11-24(41-5)12-14-25)20-29(36)27(19-23-9-7-6-8-10-23)35(31(37)38)28-21-43-30-26(28)15-18-42-30/h6-14,26-30,36H,15-22H2,1-5H3,(H,37,38)/p-1/t26-,27-,28-,29+,30+/m0/s1.